The Labute approximate surface area is 97.2 Å². The van der Waals surface area contributed by atoms with Gasteiger partial charge in [0.25, 0.3) is 0 Å². The summed E-state index contributed by atoms with van der Waals surface area (Å²) >= 11 is 0. The highest BCUT2D eigenvalue weighted by molar-refractivity contribution is 5.20. The first-order valence-corrected chi connectivity index (χ1v) is 5.87. The minimum atomic E-state index is 0.141. The second-order valence-corrected chi connectivity index (χ2v) is 5.98. The van der Waals surface area contributed by atoms with Gasteiger partial charge in [0.2, 0.25) is 0 Å². The zero-order valence-electron chi connectivity index (χ0n) is 10.5. The van der Waals surface area contributed by atoms with Crippen molar-refractivity contribution in [3.05, 3.63) is 0 Å². The third-order valence-corrected chi connectivity index (χ3v) is 3.74. The molecule has 0 radical (unpaired) electrons. The Morgan fingerprint density at radius 2 is 1.69 bits per heavy atom. The van der Waals surface area contributed by atoms with Crippen molar-refractivity contribution < 1.29 is 9.59 Å². The molecule has 2 heterocycles. The van der Waals surface area contributed by atoms with Crippen molar-refractivity contribution in [3.63, 3.8) is 0 Å². The Kier molecular flexibility index (Phi) is 3.89. The maximum atomic E-state index is 8.12. The third kappa shape index (κ3) is 2.91. The molecule has 2 saturated heterocycles. The molecule has 0 unspecified atom stereocenters. The quantitative estimate of drug-likeness (QED) is 0.673. The van der Waals surface area contributed by atoms with E-state index < -0.39 is 0 Å². The van der Waals surface area contributed by atoms with Crippen LogP contribution < -0.4 is 5.73 Å². The second-order valence-electron chi connectivity index (χ2n) is 5.98. The summed E-state index contributed by atoms with van der Waals surface area (Å²) in [4.78, 5) is 18.9. The summed E-state index contributed by atoms with van der Waals surface area (Å²) in [6.45, 7) is 8.02. The molecule has 2 bridgehead atoms. The average Bonchev–Trinajstić information content (AvgIpc) is 2.17. The molecule has 4 nitrogen and oxygen atoms in total. The minimum absolute atomic E-state index is 0.141. The van der Waals surface area contributed by atoms with Gasteiger partial charge in [-0.3, -0.25) is 4.90 Å². The van der Waals surface area contributed by atoms with Gasteiger partial charge in [-0.2, -0.15) is 9.59 Å². The molecule has 1 aliphatic carbocycles. The summed E-state index contributed by atoms with van der Waals surface area (Å²) < 4.78 is 0. The van der Waals surface area contributed by atoms with Gasteiger partial charge >= 0.3 is 6.15 Å². The van der Waals surface area contributed by atoms with Crippen molar-refractivity contribution in [2.45, 2.75) is 63.6 Å². The first-order chi connectivity index (χ1) is 7.32. The van der Waals surface area contributed by atoms with Crippen molar-refractivity contribution in [3.8, 4) is 0 Å². The predicted octanol–water partition coefficient (Wildman–Crippen LogP) is 1.16. The molecule has 1 saturated carbocycles. The van der Waals surface area contributed by atoms with E-state index in [1.807, 2.05) is 0 Å². The van der Waals surface area contributed by atoms with Gasteiger partial charge < -0.3 is 5.73 Å². The van der Waals surface area contributed by atoms with Crippen molar-refractivity contribution in [1.82, 2.24) is 4.90 Å². The van der Waals surface area contributed by atoms with Gasteiger partial charge in [0.1, 0.15) is 0 Å². The van der Waals surface area contributed by atoms with Crippen LogP contribution in [0, 0.1) is 0 Å². The maximum Gasteiger partial charge on any atom is 0.373 e. The zero-order chi connectivity index (χ0) is 12.4. The minimum Gasteiger partial charge on any atom is -0.324 e. The van der Waals surface area contributed by atoms with Crippen LogP contribution in [0.2, 0.25) is 0 Å². The summed E-state index contributed by atoms with van der Waals surface area (Å²) in [5, 5.41) is 0. The summed E-state index contributed by atoms with van der Waals surface area (Å²) in [7, 11) is 0. The number of hydrogen-bond donors (Lipinski definition) is 1. The largest absolute Gasteiger partial charge is 0.373 e. The highest BCUT2D eigenvalue weighted by Crippen LogP contribution is 2.39. The Balaban J connectivity index is 0.000000386. The number of nitrogens with zero attached hydrogens (tertiary/aromatic N) is 1. The molecule has 0 spiro atoms. The lowest BCUT2D eigenvalue weighted by atomic mass is 9.73. The van der Waals surface area contributed by atoms with Gasteiger partial charge in [0.05, 0.1) is 0 Å². The maximum absolute atomic E-state index is 8.12. The number of piperidine rings is 2. The van der Waals surface area contributed by atoms with Gasteiger partial charge in [-0.25, -0.2) is 0 Å². The van der Waals surface area contributed by atoms with Crippen LogP contribution in [-0.2, 0) is 9.59 Å². The number of nitrogens with two attached hydrogens (primary N) is 1. The molecule has 0 atom stereocenters. The molecule has 0 amide bonds. The van der Waals surface area contributed by atoms with Crippen molar-refractivity contribution in [2.24, 2.45) is 5.73 Å². The van der Waals surface area contributed by atoms with E-state index in [1.54, 1.807) is 0 Å². The normalized spacial score (nSPS) is 33.9. The fraction of sp³-hybridized carbons (Fsp3) is 0.917. The van der Waals surface area contributed by atoms with Crippen molar-refractivity contribution in [1.29, 1.82) is 0 Å². The first kappa shape index (κ1) is 13.4. The first-order valence-electron chi connectivity index (χ1n) is 5.87. The van der Waals surface area contributed by atoms with Crippen LogP contribution in [-0.4, -0.2) is 34.7 Å². The Bertz CT molecular complexity index is 269. The molecule has 0 aromatic rings. The Morgan fingerprint density at radius 1 is 1.25 bits per heavy atom. The summed E-state index contributed by atoms with van der Waals surface area (Å²) in [6.07, 6.45) is 5.36. The Morgan fingerprint density at radius 3 is 1.94 bits per heavy atom. The van der Waals surface area contributed by atoms with Gasteiger partial charge in [-0.15, -0.1) is 0 Å². The number of fused-ring (bicyclic) bond motifs is 3. The predicted molar refractivity (Wildman–Crippen MR) is 60.6 cm³/mol. The second kappa shape index (κ2) is 4.66. The van der Waals surface area contributed by atoms with E-state index in [9.17, 15) is 0 Å². The van der Waals surface area contributed by atoms with Crippen LogP contribution in [0.1, 0.15) is 46.5 Å². The lowest BCUT2D eigenvalue weighted by Crippen LogP contribution is -2.66. The van der Waals surface area contributed by atoms with Crippen molar-refractivity contribution in [2.75, 3.05) is 6.54 Å². The molecule has 0 aromatic heterocycles. The number of hydrogen-bond acceptors (Lipinski definition) is 4. The van der Waals surface area contributed by atoms with E-state index >= 15 is 0 Å². The highest BCUT2D eigenvalue weighted by Gasteiger charge is 2.45. The van der Waals surface area contributed by atoms with E-state index in [4.69, 9.17) is 15.3 Å². The van der Waals surface area contributed by atoms with Crippen LogP contribution in [0.25, 0.3) is 0 Å². The van der Waals surface area contributed by atoms with Crippen LogP contribution in [0.3, 0.4) is 0 Å². The topological polar surface area (TPSA) is 63.4 Å². The molecule has 3 aliphatic rings. The van der Waals surface area contributed by atoms with Crippen LogP contribution in [0.4, 0.5) is 0 Å². The van der Waals surface area contributed by atoms with Crippen molar-refractivity contribution >= 4 is 6.15 Å². The smallest absolute Gasteiger partial charge is 0.324 e. The zero-order valence-corrected chi connectivity index (χ0v) is 10.5. The number of carbonyl (C=O) groups excluding carboxylic acids is 2. The van der Waals surface area contributed by atoms with E-state index in [1.165, 1.54) is 25.7 Å². The van der Waals surface area contributed by atoms with E-state index in [-0.39, 0.29) is 11.7 Å². The monoisotopic (exact) mass is 226 g/mol. The molecule has 3 rings (SSSR count). The van der Waals surface area contributed by atoms with Gasteiger partial charge in [-0.05, 0) is 46.5 Å². The average molecular weight is 226 g/mol. The molecule has 3 fully saturated rings. The molecule has 92 valence electrons. The molecule has 0 aromatic carbocycles. The van der Waals surface area contributed by atoms with E-state index in [0.29, 0.717) is 5.54 Å². The van der Waals surface area contributed by atoms with Crippen LogP contribution >= 0.6 is 0 Å². The molecular weight excluding hydrogens is 204 g/mol. The van der Waals surface area contributed by atoms with Crippen LogP contribution in [0.5, 0.6) is 0 Å². The molecule has 2 aliphatic heterocycles. The Hall–Kier alpha value is -0.700. The van der Waals surface area contributed by atoms with Crippen LogP contribution in [0.15, 0.2) is 0 Å². The standard InChI is InChI=1S/C11H22N2.CO2/c1-10(2,3)13-8-11(12)6-4-9(13)5-7-11;2-1-3/h9H,4-8,12H2,1-3H3;. The summed E-state index contributed by atoms with van der Waals surface area (Å²) in [5.74, 6) is 0. The van der Waals surface area contributed by atoms with E-state index in [2.05, 4.69) is 25.7 Å². The SMILES string of the molecule is CC(C)(C)N1CC2(N)CCC1CC2.O=C=O. The molecule has 16 heavy (non-hydrogen) atoms. The molecule has 2 N–H and O–H groups in total. The molecular formula is C12H22N2O2. The number of rotatable bonds is 0. The van der Waals surface area contributed by atoms with Gasteiger partial charge in [-0.1, -0.05) is 0 Å². The lowest BCUT2D eigenvalue weighted by Gasteiger charge is -2.55. The summed E-state index contributed by atoms with van der Waals surface area (Å²) in [5.41, 5.74) is 6.78. The fourth-order valence-electron chi connectivity index (χ4n) is 2.90. The van der Waals surface area contributed by atoms with Gasteiger partial charge in [0, 0.05) is 23.7 Å². The molecule has 4 heteroatoms. The lowest BCUT2D eigenvalue weighted by molar-refractivity contribution is -0.191. The fourth-order valence-corrected chi connectivity index (χ4v) is 2.90. The summed E-state index contributed by atoms with van der Waals surface area (Å²) in [6, 6.07) is 0.811. The van der Waals surface area contributed by atoms with E-state index in [0.717, 1.165) is 12.6 Å². The van der Waals surface area contributed by atoms with Gasteiger partial charge in [0.15, 0.2) is 0 Å². The third-order valence-electron chi connectivity index (χ3n) is 3.74. The highest BCUT2D eigenvalue weighted by atomic mass is 16.2.